The number of carbonyl (C=O) groups is 1. The Morgan fingerprint density at radius 2 is 1.65 bits per heavy atom. The standard InChI is InChI=1S/C11H14N2O.C10H12N2/c1-8-3-5-9(6-4-8)10-7-12-11(14)13(10)2;1-8-3-5-9(6-4-8)10(7-11)12-2/h3-6,10H,7H2,1-2H3,(H,12,14);3-6,10,12H,1-2H3. The monoisotopic (exact) mass is 350 g/mol. The minimum atomic E-state index is -0.189. The molecule has 1 saturated heterocycles. The number of urea groups is 1. The van der Waals surface area contributed by atoms with Gasteiger partial charge in [-0.1, -0.05) is 59.7 Å². The zero-order valence-electron chi connectivity index (χ0n) is 15.8. The minimum absolute atomic E-state index is 0.00979. The molecular formula is C21H26N4O. The molecule has 1 aliphatic heterocycles. The van der Waals surface area contributed by atoms with E-state index in [2.05, 4.69) is 47.9 Å². The van der Waals surface area contributed by atoms with Crippen LogP contribution in [-0.2, 0) is 0 Å². The number of carbonyl (C=O) groups excluding carboxylic acids is 1. The van der Waals surface area contributed by atoms with E-state index >= 15 is 0 Å². The summed E-state index contributed by atoms with van der Waals surface area (Å²) in [6.45, 7) is 4.80. The third kappa shape index (κ3) is 4.84. The Morgan fingerprint density at radius 1 is 1.12 bits per heavy atom. The summed E-state index contributed by atoms with van der Waals surface area (Å²) in [6, 6.07) is 18.5. The lowest BCUT2D eigenvalue weighted by molar-refractivity contribution is 0.217. The summed E-state index contributed by atoms with van der Waals surface area (Å²) in [7, 11) is 3.61. The Morgan fingerprint density at radius 3 is 2.08 bits per heavy atom. The van der Waals surface area contributed by atoms with Gasteiger partial charge in [-0.25, -0.2) is 4.79 Å². The summed E-state index contributed by atoms with van der Waals surface area (Å²) in [5.74, 6) is 0. The summed E-state index contributed by atoms with van der Waals surface area (Å²) in [4.78, 5) is 13.0. The lowest BCUT2D eigenvalue weighted by Gasteiger charge is -2.18. The zero-order valence-corrected chi connectivity index (χ0v) is 15.8. The molecule has 0 radical (unpaired) electrons. The molecule has 5 heteroatoms. The number of amides is 2. The second-order valence-corrected chi connectivity index (χ2v) is 6.48. The Balaban J connectivity index is 0.000000190. The van der Waals surface area contributed by atoms with Crippen molar-refractivity contribution in [3.8, 4) is 6.07 Å². The van der Waals surface area contributed by atoms with E-state index in [-0.39, 0.29) is 18.1 Å². The van der Waals surface area contributed by atoms with E-state index in [1.54, 1.807) is 11.9 Å². The van der Waals surface area contributed by atoms with Crippen molar-refractivity contribution in [1.82, 2.24) is 15.5 Å². The zero-order chi connectivity index (χ0) is 19.1. The van der Waals surface area contributed by atoms with E-state index in [9.17, 15) is 4.79 Å². The second kappa shape index (κ2) is 9.02. The molecule has 3 rings (SSSR count). The number of nitrogens with zero attached hydrogens (tertiary/aromatic N) is 2. The van der Waals surface area contributed by atoms with Gasteiger partial charge in [0, 0.05) is 13.6 Å². The van der Waals surface area contributed by atoms with Gasteiger partial charge in [-0.05, 0) is 32.0 Å². The van der Waals surface area contributed by atoms with Gasteiger partial charge in [-0.3, -0.25) is 0 Å². The van der Waals surface area contributed by atoms with Crippen LogP contribution < -0.4 is 10.6 Å². The molecule has 0 aromatic heterocycles. The van der Waals surface area contributed by atoms with E-state index in [0.717, 1.165) is 5.56 Å². The lowest BCUT2D eigenvalue weighted by atomic mass is 10.1. The molecule has 0 aliphatic carbocycles. The van der Waals surface area contributed by atoms with Gasteiger partial charge in [0.25, 0.3) is 0 Å². The largest absolute Gasteiger partial charge is 0.336 e. The van der Waals surface area contributed by atoms with Crippen LogP contribution in [0.4, 0.5) is 4.79 Å². The van der Waals surface area contributed by atoms with Gasteiger partial charge in [0.05, 0.1) is 12.1 Å². The first kappa shape index (κ1) is 19.5. The van der Waals surface area contributed by atoms with Crippen molar-refractivity contribution in [3.05, 3.63) is 70.8 Å². The number of benzene rings is 2. The Labute approximate surface area is 155 Å². The van der Waals surface area contributed by atoms with E-state index in [1.807, 2.05) is 38.2 Å². The van der Waals surface area contributed by atoms with Gasteiger partial charge in [0.2, 0.25) is 0 Å². The highest BCUT2D eigenvalue weighted by Gasteiger charge is 2.27. The first-order valence-corrected chi connectivity index (χ1v) is 8.67. The summed E-state index contributed by atoms with van der Waals surface area (Å²) in [5, 5.41) is 14.5. The van der Waals surface area contributed by atoms with E-state index in [0.29, 0.717) is 6.54 Å². The van der Waals surface area contributed by atoms with Gasteiger partial charge in [0.15, 0.2) is 0 Å². The molecule has 5 nitrogen and oxygen atoms in total. The molecule has 136 valence electrons. The molecule has 2 aromatic rings. The third-order valence-electron chi connectivity index (χ3n) is 4.53. The molecule has 2 aromatic carbocycles. The fraction of sp³-hybridized carbons (Fsp3) is 0.333. The highest BCUT2D eigenvalue weighted by atomic mass is 16.2. The van der Waals surface area contributed by atoms with Crippen molar-refractivity contribution in [2.75, 3.05) is 20.6 Å². The maximum Gasteiger partial charge on any atom is 0.317 e. The number of nitrogens with one attached hydrogen (secondary N) is 2. The summed E-state index contributed by atoms with van der Waals surface area (Å²) in [5.41, 5.74) is 4.67. The van der Waals surface area contributed by atoms with Crippen LogP contribution in [-0.4, -0.2) is 31.6 Å². The maximum absolute atomic E-state index is 11.2. The van der Waals surface area contributed by atoms with Crippen LogP contribution in [0, 0.1) is 25.2 Å². The fourth-order valence-electron chi connectivity index (χ4n) is 2.78. The molecule has 2 unspecified atom stereocenters. The van der Waals surface area contributed by atoms with Gasteiger partial charge >= 0.3 is 6.03 Å². The van der Waals surface area contributed by atoms with Gasteiger partial charge in [-0.15, -0.1) is 0 Å². The van der Waals surface area contributed by atoms with E-state index in [1.165, 1.54) is 16.7 Å². The second-order valence-electron chi connectivity index (χ2n) is 6.48. The summed E-state index contributed by atoms with van der Waals surface area (Å²) in [6.07, 6.45) is 0. The van der Waals surface area contributed by atoms with Crippen molar-refractivity contribution in [1.29, 1.82) is 5.26 Å². The fourth-order valence-corrected chi connectivity index (χ4v) is 2.78. The SMILES string of the molecule is CNC(C#N)c1ccc(C)cc1.Cc1ccc(C2CNC(=O)N2C)cc1. The molecule has 0 saturated carbocycles. The van der Waals surface area contributed by atoms with Gasteiger partial charge in [-0.2, -0.15) is 5.26 Å². The first-order chi connectivity index (χ1) is 12.5. The van der Waals surface area contributed by atoms with E-state index < -0.39 is 0 Å². The van der Waals surface area contributed by atoms with Crippen molar-refractivity contribution in [2.24, 2.45) is 0 Å². The summed E-state index contributed by atoms with van der Waals surface area (Å²) >= 11 is 0. The molecule has 2 amide bonds. The van der Waals surface area contributed by atoms with Crippen molar-refractivity contribution < 1.29 is 4.79 Å². The number of likely N-dealkylation sites (N-methyl/N-ethyl adjacent to an activating group) is 1. The van der Waals surface area contributed by atoms with Crippen LogP contribution in [0.5, 0.6) is 0 Å². The molecule has 26 heavy (non-hydrogen) atoms. The van der Waals surface area contributed by atoms with Crippen molar-refractivity contribution in [3.63, 3.8) is 0 Å². The van der Waals surface area contributed by atoms with Crippen LogP contribution in [0.25, 0.3) is 0 Å². The predicted octanol–water partition coefficient (Wildman–Crippen LogP) is 3.47. The van der Waals surface area contributed by atoms with Crippen LogP contribution in [0.3, 0.4) is 0 Å². The lowest BCUT2D eigenvalue weighted by Crippen LogP contribution is -2.25. The number of hydrogen-bond donors (Lipinski definition) is 2. The molecule has 0 bridgehead atoms. The van der Waals surface area contributed by atoms with E-state index in [4.69, 9.17) is 5.26 Å². The normalized spacial score (nSPS) is 17.0. The van der Waals surface area contributed by atoms with Crippen LogP contribution in [0.1, 0.15) is 34.3 Å². The quantitative estimate of drug-likeness (QED) is 0.891. The Bertz CT molecular complexity index is 762. The van der Waals surface area contributed by atoms with Crippen LogP contribution in [0.2, 0.25) is 0 Å². The molecule has 1 fully saturated rings. The molecule has 1 heterocycles. The molecular weight excluding hydrogens is 324 g/mol. The number of nitriles is 1. The topological polar surface area (TPSA) is 68.2 Å². The maximum atomic E-state index is 11.2. The smallest absolute Gasteiger partial charge is 0.317 e. The predicted molar refractivity (Wildman–Crippen MR) is 104 cm³/mol. The number of rotatable bonds is 3. The molecule has 2 N–H and O–H groups in total. The van der Waals surface area contributed by atoms with Crippen LogP contribution in [0.15, 0.2) is 48.5 Å². The first-order valence-electron chi connectivity index (χ1n) is 8.67. The molecule has 1 aliphatic rings. The third-order valence-corrected chi connectivity index (χ3v) is 4.53. The summed E-state index contributed by atoms with van der Waals surface area (Å²) < 4.78 is 0. The highest BCUT2D eigenvalue weighted by molar-refractivity contribution is 5.76. The average Bonchev–Trinajstić information content (AvgIpc) is 2.98. The molecule has 2 atom stereocenters. The highest BCUT2D eigenvalue weighted by Crippen LogP contribution is 2.22. The average molecular weight is 350 g/mol. The molecule has 0 spiro atoms. The Hall–Kier alpha value is -2.84. The van der Waals surface area contributed by atoms with Crippen LogP contribution >= 0.6 is 0 Å². The number of hydrogen-bond acceptors (Lipinski definition) is 3. The van der Waals surface area contributed by atoms with Gasteiger partial charge < -0.3 is 15.5 Å². The minimum Gasteiger partial charge on any atom is -0.336 e. The van der Waals surface area contributed by atoms with Crippen molar-refractivity contribution >= 4 is 6.03 Å². The Kier molecular flexibility index (Phi) is 6.76. The van der Waals surface area contributed by atoms with Crippen molar-refractivity contribution in [2.45, 2.75) is 25.9 Å². The number of aryl methyl sites for hydroxylation is 2. The van der Waals surface area contributed by atoms with Gasteiger partial charge in [0.1, 0.15) is 6.04 Å².